The second kappa shape index (κ2) is 9.82. The predicted octanol–water partition coefficient (Wildman–Crippen LogP) is 0.662. The molecule has 7 nitrogen and oxygen atoms in total. The zero-order valence-corrected chi connectivity index (χ0v) is 16.8. The van der Waals surface area contributed by atoms with Crippen LogP contribution < -0.4 is 14.9 Å². The highest BCUT2D eigenvalue weighted by molar-refractivity contribution is 7.92. The van der Waals surface area contributed by atoms with Crippen molar-refractivity contribution in [2.45, 2.75) is 11.3 Å². The number of carbonyl (C=O) groups excluding carboxylic acids is 1. The molecule has 1 aliphatic rings. The molecule has 0 bridgehead atoms. The number of morpholine rings is 1. The highest BCUT2D eigenvalue weighted by Gasteiger charge is 2.21. The zero-order valence-electron chi connectivity index (χ0n) is 16.0. The Morgan fingerprint density at radius 1 is 1.07 bits per heavy atom. The molecule has 29 heavy (non-hydrogen) atoms. The number of amides is 1. The smallest absolute Gasteiger partial charge is 0.264 e. The van der Waals surface area contributed by atoms with E-state index in [-0.39, 0.29) is 17.2 Å². The summed E-state index contributed by atoms with van der Waals surface area (Å²) < 4.78 is 46.6. The Bertz CT molecular complexity index is 946. The quantitative estimate of drug-likeness (QED) is 0.546. The van der Waals surface area contributed by atoms with Crippen molar-refractivity contribution < 1.29 is 27.2 Å². The molecule has 0 unspecified atom stereocenters. The first-order valence-corrected chi connectivity index (χ1v) is 11.0. The third kappa shape index (κ3) is 5.75. The third-order valence-corrected chi connectivity index (χ3v) is 6.13. The van der Waals surface area contributed by atoms with Gasteiger partial charge in [-0.25, -0.2) is 12.8 Å². The molecule has 2 aromatic carbocycles. The van der Waals surface area contributed by atoms with Crippen molar-refractivity contribution in [3.8, 4) is 0 Å². The van der Waals surface area contributed by atoms with Crippen LogP contribution in [0.15, 0.2) is 53.4 Å². The number of benzene rings is 2. The molecule has 1 heterocycles. The molecule has 156 valence electrons. The van der Waals surface area contributed by atoms with Crippen LogP contribution in [-0.2, 0) is 14.8 Å². The van der Waals surface area contributed by atoms with Crippen LogP contribution in [0.1, 0.15) is 16.8 Å². The molecule has 0 spiro atoms. The van der Waals surface area contributed by atoms with E-state index in [1.807, 2.05) is 0 Å². The number of hydrogen-bond donors (Lipinski definition) is 3. The summed E-state index contributed by atoms with van der Waals surface area (Å²) in [6, 6.07) is 11.4. The number of hydrogen-bond acceptors (Lipinski definition) is 4. The first-order valence-electron chi connectivity index (χ1n) is 9.53. The van der Waals surface area contributed by atoms with E-state index in [0.717, 1.165) is 45.3 Å². The average molecular weight is 423 g/mol. The molecule has 1 fully saturated rings. The maximum Gasteiger partial charge on any atom is 0.264 e. The molecule has 9 heteroatoms. The number of ether oxygens (including phenoxy) is 1. The minimum absolute atomic E-state index is 0.104. The van der Waals surface area contributed by atoms with Gasteiger partial charge in [0.25, 0.3) is 15.9 Å². The summed E-state index contributed by atoms with van der Waals surface area (Å²) in [6.45, 7) is 4.88. The van der Waals surface area contributed by atoms with Gasteiger partial charge in [0.2, 0.25) is 0 Å². The van der Waals surface area contributed by atoms with Gasteiger partial charge in [0, 0.05) is 13.0 Å². The van der Waals surface area contributed by atoms with Crippen LogP contribution in [-0.4, -0.2) is 53.7 Å². The maximum absolute atomic E-state index is 13.9. The van der Waals surface area contributed by atoms with E-state index < -0.39 is 20.7 Å². The Morgan fingerprint density at radius 3 is 2.52 bits per heavy atom. The first kappa shape index (κ1) is 21.2. The van der Waals surface area contributed by atoms with E-state index in [0.29, 0.717) is 6.54 Å². The monoisotopic (exact) mass is 422 g/mol. The minimum Gasteiger partial charge on any atom is -0.370 e. The average Bonchev–Trinajstić information content (AvgIpc) is 2.72. The molecule has 1 aliphatic heterocycles. The fourth-order valence-electron chi connectivity index (χ4n) is 3.18. The second-order valence-corrected chi connectivity index (χ2v) is 8.45. The number of para-hydroxylation sites is 1. The summed E-state index contributed by atoms with van der Waals surface area (Å²) >= 11 is 0. The Morgan fingerprint density at radius 2 is 1.76 bits per heavy atom. The predicted molar refractivity (Wildman–Crippen MR) is 107 cm³/mol. The number of carbonyl (C=O) groups is 1. The standard InChI is InChI=1S/C20H24FN3O4S/c21-17-7-2-4-9-19(17)29(26,27)23-18-8-3-1-6-16(18)20(25)22-10-5-11-24-12-14-28-15-13-24/h1-4,6-9,23H,5,10-15H2,(H,22,25)/p+1. The topological polar surface area (TPSA) is 88.9 Å². The summed E-state index contributed by atoms with van der Waals surface area (Å²) in [4.78, 5) is 13.5. The Labute approximate surface area is 169 Å². The highest BCUT2D eigenvalue weighted by Crippen LogP contribution is 2.21. The van der Waals surface area contributed by atoms with Crippen molar-refractivity contribution in [3.63, 3.8) is 0 Å². The van der Waals surface area contributed by atoms with Crippen LogP contribution in [0.25, 0.3) is 0 Å². The fraction of sp³-hybridized carbons (Fsp3) is 0.350. The van der Waals surface area contributed by atoms with Gasteiger partial charge in [-0.3, -0.25) is 9.52 Å². The van der Waals surface area contributed by atoms with E-state index in [1.54, 1.807) is 12.1 Å². The molecule has 3 N–H and O–H groups in total. The number of sulfonamides is 1. The highest BCUT2D eigenvalue weighted by atomic mass is 32.2. The molecule has 3 rings (SSSR count). The van der Waals surface area contributed by atoms with E-state index >= 15 is 0 Å². The summed E-state index contributed by atoms with van der Waals surface area (Å²) in [5.74, 6) is -1.23. The van der Waals surface area contributed by atoms with Crippen LogP contribution in [0.2, 0.25) is 0 Å². The van der Waals surface area contributed by atoms with E-state index in [2.05, 4.69) is 10.0 Å². The summed E-state index contributed by atoms with van der Waals surface area (Å²) in [5.41, 5.74) is 0.290. The summed E-state index contributed by atoms with van der Waals surface area (Å²) in [7, 11) is -4.16. The molecule has 0 atom stereocenters. The van der Waals surface area contributed by atoms with Gasteiger partial charge in [0.1, 0.15) is 23.8 Å². The third-order valence-electron chi connectivity index (χ3n) is 4.73. The van der Waals surface area contributed by atoms with Crippen molar-refractivity contribution in [3.05, 3.63) is 59.9 Å². The summed E-state index contributed by atoms with van der Waals surface area (Å²) in [5, 5.41) is 2.82. The lowest BCUT2D eigenvalue weighted by Crippen LogP contribution is -3.14. The normalized spacial score (nSPS) is 15.1. The van der Waals surface area contributed by atoms with Crippen LogP contribution >= 0.6 is 0 Å². The van der Waals surface area contributed by atoms with Crippen LogP contribution in [0.3, 0.4) is 0 Å². The van der Waals surface area contributed by atoms with Crippen LogP contribution in [0.5, 0.6) is 0 Å². The van der Waals surface area contributed by atoms with E-state index in [1.165, 1.54) is 35.2 Å². The van der Waals surface area contributed by atoms with Crippen molar-refractivity contribution in [1.29, 1.82) is 0 Å². The number of nitrogens with one attached hydrogen (secondary N) is 3. The van der Waals surface area contributed by atoms with Gasteiger partial charge in [0.05, 0.1) is 31.0 Å². The van der Waals surface area contributed by atoms with Gasteiger partial charge in [0.15, 0.2) is 0 Å². The number of quaternary nitrogens is 1. The fourth-order valence-corrected chi connectivity index (χ4v) is 4.34. The van der Waals surface area contributed by atoms with E-state index in [9.17, 15) is 17.6 Å². The van der Waals surface area contributed by atoms with Crippen molar-refractivity contribution in [2.75, 3.05) is 44.1 Å². The van der Waals surface area contributed by atoms with Crippen LogP contribution in [0.4, 0.5) is 10.1 Å². The lowest BCUT2D eigenvalue weighted by molar-refractivity contribution is -0.908. The van der Waals surface area contributed by atoms with Gasteiger partial charge in [-0.05, 0) is 24.3 Å². The van der Waals surface area contributed by atoms with Gasteiger partial charge in [-0.15, -0.1) is 0 Å². The molecular formula is C20H25FN3O4S+. The zero-order chi connectivity index (χ0) is 20.7. The van der Waals surface area contributed by atoms with Gasteiger partial charge in [-0.2, -0.15) is 0 Å². The second-order valence-electron chi connectivity index (χ2n) is 6.80. The molecule has 1 saturated heterocycles. The Balaban J connectivity index is 1.62. The molecule has 2 aromatic rings. The van der Waals surface area contributed by atoms with Crippen molar-refractivity contribution in [1.82, 2.24) is 5.32 Å². The van der Waals surface area contributed by atoms with Crippen molar-refractivity contribution >= 4 is 21.6 Å². The first-order chi connectivity index (χ1) is 14.0. The molecule has 0 saturated carbocycles. The van der Waals surface area contributed by atoms with Crippen LogP contribution in [0, 0.1) is 5.82 Å². The van der Waals surface area contributed by atoms with Crippen molar-refractivity contribution in [2.24, 2.45) is 0 Å². The molecule has 0 aliphatic carbocycles. The van der Waals surface area contributed by atoms with Gasteiger partial charge < -0.3 is 15.0 Å². The Hall–Kier alpha value is -2.49. The molecular weight excluding hydrogens is 397 g/mol. The van der Waals surface area contributed by atoms with E-state index in [4.69, 9.17) is 4.74 Å². The van der Waals surface area contributed by atoms with Gasteiger partial charge in [-0.1, -0.05) is 24.3 Å². The molecule has 1 amide bonds. The largest absolute Gasteiger partial charge is 0.370 e. The Kier molecular flexibility index (Phi) is 7.18. The molecule has 0 radical (unpaired) electrons. The van der Waals surface area contributed by atoms with Gasteiger partial charge >= 0.3 is 0 Å². The summed E-state index contributed by atoms with van der Waals surface area (Å²) in [6.07, 6.45) is 0.810. The maximum atomic E-state index is 13.9. The number of rotatable bonds is 8. The number of anilines is 1. The lowest BCUT2D eigenvalue weighted by Gasteiger charge is -2.23. The minimum atomic E-state index is -4.16. The lowest BCUT2D eigenvalue weighted by atomic mass is 10.1. The SMILES string of the molecule is O=C(NCCC[NH+]1CCOCC1)c1ccccc1NS(=O)(=O)c1ccccc1F. The number of halogens is 1. The molecule has 0 aromatic heterocycles.